The minimum absolute atomic E-state index is 1.16. The van der Waals surface area contributed by atoms with Gasteiger partial charge in [0.05, 0.1) is 0 Å². The standard InChI is InChI=1S/C11H18/c1-2-3-5-8-11-9-6-4-7-10-11/h3,5,8H,2,4,6-7,9-10H2,1H3/b5-3-. The lowest BCUT2D eigenvalue weighted by Gasteiger charge is -2.12. The van der Waals surface area contributed by atoms with Crippen molar-refractivity contribution in [1.29, 1.82) is 0 Å². The third kappa shape index (κ3) is 3.41. The minimum Gasteiger partial charge on any atom is -0.0848 e. The molecule has 1 aliphatic rings. The molecule has 0 unspecified atom stereocenters. The van der Waals surface area contributed by atoms with E-state index in [0.717, 1.165) is 6.42 Å². The van der Waals surface area contributed by atoms with Gasteiger partial charge in [0.15, 0.2) is 0 Å². The fourth-order valence-electron chi connectivity index (χ4n) is 1.51. The molecule has 0 heterocycles. The predicted octanol–water partition coefficient (Wildman–Crippen LogP) is 3.84. The van der Waals surface area contributed by atoms with Gasteiger partial charge in [0, 0.05) is 0 Å². The van der Waals surface area contributed by atoms with Crippen LogP contribution in [0.4, 0.5) is 0 Å². The van der Waals surface area contributed by atoms with Crippen LogP contribution in [0.25, 0.3) is 0 Å². The lowest BCUT2D eigenvalue weighted by atomic mass is 9.95. The van der Waals surface area contributed by atoms with Gasteiger partial charge in [0.1, 0.15) is 0 Å². The average Bonchev–Trinajstić information content (AvgIpc) is 2.07. The molecule has 0 aromatic heterocycles. The first-order chi connectivity index (χ1) is 5.43. The molecular weight excluding hydrogens is 132 g/mol. The molecule has 1 rings (SSSR count). The lowest BCUT2D eigenvalue weighted by molar-refractivity contribution is 0.599. The van der Waals surface area contributed by atoms with E-state index < -0.39 is 0 Å². The smallest absolute Gasteiger partial charge is 0.0317 e. The fraction of sp³-hybridized carbons (Fsp3) is 0.636. The van der Waals surface area contributed by atoms with E-state index in [1.165, 1.54) is 32.1 Å². The van der Waals surface area contributed by atoms with Gasteiger partial charge in [-0.3, -0.25) is 0 Å². The van der Waals surface area contributed by atoms with Gasteiger partial charge >= 0.3 is 0 Å². The lowest BCUT2D eigenvalue weighted by Crippen LogP contribution is -1.92. The highest BCUT2D eigenvalue weighted by Gasteiger charge is 2.02. The van der Waals surface area contributed by atoms with Crippen molar-refractivity contribution in [1.82, 2.24) is 0 Å². The maximum atomic E-state index is 2.31. The van der Waals surface area contributed by atoms with Crippen LogP contribution in [0.15, 0.2) is 23.8 Å². The number of hydrogen-bond donors (Lipinski definition) is 0. The molecule has 0 aromatic carbocycles. The van der Waals surface area contributed by atoms with Crippen molar-refractivity contribution in [2.75, 3.05) is 0 Å². The monoisotopic (exact) mass is 150 g/mol. The third-order valence-electron chi connectivity index (χ3n) is 2.20. The van der Waals surface area contributed by atoms with Crippen LogP contribution in [0, 0.1) is 0 Å². The molecule has 0 bridgehead atoms. The fourth-order valence-corrected chi connectivity index (χ4v) is 1.51. The van der Waals surface area contributed by atoms with E-state index in [-0.39, 0.29) is 0 Å². The SMILES string of the molecule is CC/C=C\C=C1CCCCC1. The van der Waals surface area contributed by atoms with Crippen molar-refractivity contribution in [3.63, 3.8) is 0 Å². The molecule has 0 atom stereocenters. The molecule has 0 N–H and O–H groups in total. The van der Waals surface area contributed by atoms with E-state index >= 15 is 0 Å². The zero-order chi connectivity index (χ0) is 7.94. The molecule has 62 valence electrons. The third-order valence-corrected chi connectivity index (χ3v) is 2.20. The van der Waals surface area contributed by atoms with Crippen LogP contribution in [-0.4, -0.2) is 0 Å². The van der Waals surface area contributed by atoms with Crippen LogP contribution in [0.3, 0.4) is 0 Å². The van der Waals surface area contributed by atoms with Gasteiger partial charge in [-0.05, 0) is 32.1 Å². The van der Waals surface area contributed by atoms with Crippen LogP contribution in [-0.2, 0) is 0 Å². The van der Waals surface area contributed by atoms with Crippen molar-refractivity contribution in [3.8, 4) is 0 Å². The van der Waals surface area contributed by atoms with Crippen molar-refractivity contribution >= 4 is 0 Å². The Bertz CT molecular complexity index is 143. The second-order valence-corrected chi connectivity index (χ2v) is 3.22. The van der Waals surface area contributed by atoms with Gasteiger partial charge in [-0.25, -0.2) is 0 Å². The van der Waals surface area contributed by atoms with Crippen LogP contribution in [0.2, 0.25) is 0 Å². The Morgan fingerprint density at radius 1 is 1.18 bits per heavy atom. The molecule has 0 aliphatic heterocycles. The van der Waals surface area contributed by atoms with E-state index in [0.29, 0.717) is 0 Å². The molecule has 0 radical (unpaired) electrons. The highest BCUT2D eigenvalue weighted by atomic mass is 14.1. The van der Waals surface area contributed by atoms with Gasteiger partial charge in [-0.1, -0.05) is 37.1 Å². The molecule has 11 heavy (non-hydrogen) atoms. The highest BCUT2D eigenvalue weighted by molar-refractivity contribution is 5.13. The van der Waals surface area contributed by atoms with E-state index in [9.17, 15) is 0 Å². The summed E-state index contributed by atoms with van der Waals surface area (Å²) in [5.41, 5.74) is 1.65. The summed E-state index contributed by atoms with van der Waals surface area (Å²) < 4.78 is 0. The Labute approximate surface area is 70.0 Å². The summed E-state index contributed by atoms with van der Waals surface area (Å²) in [6.45, 7) is 2.18. The van der Waals surface area contributed by atoms with E-state index in [2.05, 4.69) is 25.2 Å². The Morgan fingerprint density at radius 2 is 1.91 bits per heavy atom. The van der Waals surface area contributed by atoms with E-state index in [1.54, 1.807) is 5.57 Å². The minimum atomic E-state index is 1.16. The second-order valence-electron chi connectivity index (χ2n) is 3.22. The largest absolute Gasteiger partial charge is 0.0848 e. The first kappa shape index (κ1) is 8.58. The zero-order valence-electron chi connectivity index (χ0n) is 7.47. The highest BCUT2D eigenvalue weighted by Crippen LogP contribution is 2.22. The number of hydrogen-bond acceptors (Lipinski definition) is 0. The first-order valence-electron chi connectivity index (χ1n) is 4.78. The maximum Gasteiger partial charge on any atom is -0.0317 e. The Kier molecular flexibility index (Phi) is 4.03. The summed E-state index contributed by atoms with van der Waals surface area (Å²) in [4.78, 5) is 0. The normalized spacial score (nSPS) is 19.2. The number of rotatable bonds is 2. The molecule has 1 saturated carbocycles. The topological polar surface area (TPSA) is 0 Å². The summed E-state index contributed by atoms with van der Waals surface area (Å²) in [7, 11) is 0. The first-order valence-corrected chi connectivity index (χ1v) is 4.78. The van der Waals surface area contributed by atoms with Crippen molar-refractivity contribution in [3.05, 3.63) is 23.8 Å². The van der Waals surface area contributed by atoms with E-state index in [1.807, 2.05) is 0 Å². The van der Waals surface area contributed by atoms with Gasteiger partial charge in [-0.2, -0.15) is 0 Å². The summed E-state index contributed by atoms with van der Waals surface area (Å²) in [6, 6.07) is 0. The quantitative estimate of drug-likeness (QED) is 0.561. The van der Waals surface area contributed by atoms with Crippen molar-refractivity contribution < 1.29 is 0 Å². The molecule has 1 fully saturated rings. The molecule has 1 aliphatic carbocycles. The maximum absolute atomic E-state index is 2.31. The number of allylic oxidation sites excluding steroid dienone is 4. The molecule has 0 nitrogen and oxygen atoms in total. The van der Waals surface area contributed by atoms with Crippen LogP contribution in [0.1, 0.15) is 45.4 Å². The van der Waals surface area contributed by atoms with Gasteiger partial charge < -0.3 is 0 Å². The molecule has 0 spiro atoms. The van der Waals surface area contributed by atoms with Crippen molar-refractivity contribution in [2.24, 2.45) is 0 Å². The summed E-state index contributed by atoms with van der Waals surface area (Å²) in [5, 5.41) is 0. The molecular formula is C11H18. The Balaban J connectivity index is 2.31. The Morgan fingerprint density at radius 3 is 2.55 bits per heavy atom. The van der Waals surface area contributed by atoms with Crippen molar-refractivity contribution in [2.45, 2.75) is 45.4 Å². The summed E-state index contributed by atoms with van der Waals surface area (Å²) >= 11 is 0. The van der Waals surface area contributed by atoms with Crippen LogP contribution in [0.5, 0.6) is 0 Å². The molecule has 0 heteroatoms. The Hall–Kier alpha value is -0.520. The van der Waals surface area contributed by atoms with Gasteiger partial charge in [0.2, 0.25) is 0 Å². The van der Waals surface area contributed by atoms with Gasteiger partial charge in [-0.15, -0.1) is 0 Å². The zero-order valence-corrected chi connectivity index (χ0v) is 7.47. The van der Waals surface area contributed by atoms with Crippen LogP contribution < -0.4 is 0 Å². The molecule has 0 aromatic rings. The van der Waals surface area contributed by atoms with E-state index in [4.69, 9.17) is 0 Å². The molecule has 0 amide bonds. The van der Waals surface area contributed by atoms with Gasteiger partial charge in [0.25, 0.3) is 0 Å². The van der Waals surface area contributed by atoms with Crippen LogP contribution >= 0.6 is 0 Å². The average molecular weight is 150 g/mol. The summed E-state index contributed by atoms with van der Waals surface area (Å²) in [5.74, 6) is 0. The predicted molar refractivity (Wildman–Crippen MR) is 50.6 cm³/mol. The molecule has 0 saturated heterocycles. The summed E-state index contributed by atoms with van der Waals surface area (Å²) in [6.07, 6.45) is 14.8. The second kappa shape index (κ2) is 5.17.